The molecule has 17 rings (SSSR count). The number of hydrogen-bond donors (Lipinski definition) is 0. The van der Waals surface area contributed by atoms with Crippen molar-refractivity contribution in [1.29, 1.82) is 0 Å². The van der Waals surface area contributed by atoms with Gasteiger partial charge in [-0.3, -0.25) is 0 Å². The molecule has 1 atom stereocenters. The number of anilines is 2. The highest BCUT2D eigenvalue weighted by molar-refractivity contribution is 7.99. The Morgan fingerprint density at radius 1 is 0.443 bits per heavy atom. The molecule has 0 saturated heterocycles. The van der Waals surface area contributed by atoms with Crippen molar-refractivity contribution >= 4 is 50.5 Å². The van der Waals surface area contributed by atoms with Crippen LogP contribution in [0.1, 0.15) is 63.4 Å². The van der Waals surface area contributed by atoms with E-state index in [4.69, 9.17) is 4.74 Å². The number of benzene rings is 11. The van der Waals surface area contributed by atoms with Gasteiger partial charge in [-0.25, -0.2) is 0 Å². The van der Waals surface area contributed by atoms with Crippen LogP contribution in [0.15, 0.2) is 283 Å². The average Bonchev–Trinajstić information content (AvgIpc) is 2.56. The van der Waals surface area contributed by atoms with Crippen molar-refractivity contribution in [3.05, 3.63) is 323 Å². The third kappa shape index (κ3) is 5.99. The van der Waals surface area contributed by atoms with E-state index in [9.17, 15) is 0 Å². The van der Waals surface area contributed by atoms with E-state index in [1.807, 2.05) is 11.8 Å². The van der Waals surface area contributed by atoms with Gasteiger partial charge in [0.05, 0.1) is 33.1 Å². The largest absolute Gasteiger partial charge is 0.457 e. The molecule has 0 amide bonds. The number of para-hydroxylation sites is 4. The van der Waals surface area contributed by atoms with Crippen LogP contribution in [-0.4, -0.2) is 10.1 Å². The molecule has 0 bridgehead atoms. The Balaban J connectivity index is 0.923. The van der Waals surface area contributed by atoms with Crippen LogP contribution in [0.4, 0.5) is 11.4 Å². The van der Waals surface area contributed by atoms with Gasteiger partial charge in [0.2, 0.25) is 0 Å². The van der Waals surface area contributed by atoms with Crippen molar-refractivity contribution in [1.82, 2.24) is 4.57 Å². The zero-order chi connectivity index (χ0) is 52.0. The van der Waals surface area contributed by atoms with Crippen molar-refractivity contribution in [3.63, 3.8) is 0 Å². The number of allylic oxidation sites excluding steroid dienone is 2. The van der Waals surface area contributed by atoms with E-state index < -0.39 is 16.4 Å². The van der Waals surface area contributed by atoms with Crippen LogP contribution in [0.5, 0.6) is 11.5 Å². The molecule has 79 heavy (non-hydrogen) atoms. The first kappa shape index (κ1) is 44.7. The Hall–Kier alpha value is -9.35. The molecule has 0 N–H and O–H groups in total. The lowest BCUT2D eigenvalue weighted by molar-refractivity contribution is 0.436. The monoisotopic (exact) mass is 1030 g/mol. The number of aromatic nitrogens is 1. The maximum Gasteiger partial charge on any atom is 0.132 e. The quantitative estimate of drug-likeness (QED) is 0.171. The minimum absolute atomic E-state index is 0.544. The van der Waals surface area contributed by atoms with Crippen molar-refractivity contribution < 1.29 is 4.74 Å². The molecule has 0 radical (unpaired) electrons. The highest BCUT2D eigenvalue weighted by atomic mass is 32.2. The fraction of sp³-hybridized carbons (Fsp3) is 0.0667. The topological polar surface area (TPSA) is 17.4 Å². The van der Waals surface area contributed by atoms with Crippen LogP contribution in [0.3, 0.4) is 0 Å². The second-order valence-electron chi connectivity index (χ2n) is 22.0. The van der Waals surface area contributed by atoms with Crippen molar-refractivity contribution in [3.8, 4) is 39.4 Å². The Morgan fingerprint density at radius 3 is 1.76 bits per heavy atom. The lowest BCUT2D eigenvalue weighted by Gasteiger charge is -2.45. The molecule has 0 saturated carbocycles. The average molecular weight is 1030 g/mol. The van der Waals surface area contributed by atoms with Crippen molar-refractivity contribution in [2.45, 2.75) is 39.5 Å². The lowest BCUT2D eigenvalue weighted by Crippen LogP contribution is -2.43. The Kier molecular flexibility index (Phi) is 9.39. The summed E-state index contributed by atoms with van der Waals surface area (Å²) in [4.78, 5) is 5.31. The zero-order valence-electron chi connectivity index (χ0n) is 43.4. The normalized spacial score (nSPS) is 16.9. The molecule has 3 nitrogen and oxygen atoms in total. The predicted octanol–water partition coefficient (Wildman–Crippen LogP) is 19.0. The number of fused-ring (bicyclic) bond motifs is 21. The van der Waals surface area contributed by atoms with E-state index in [0.717, 1.165) is 40.4 Å². The number of rotatable bonds is 5. The summed E-state index contributed by atoms with van der Waals surface area (Å²) in [6.45, 7) is 2.46. The minimum atomic E-state index is -0.628. The second kappa shape index (κ2) is 16.6. The lowest BCUT2D eigenvalue weighted by atomic mass is 9.66. The summed E-state index contributed by atoms with van der Waals surface area (Å²) < 4.78 is 9.26. The minimum Gasteiger partial charge on any atom is -0.457 e. The van der Waals surface area contributed by atoms with E-state index in [-0.39, 0.29) is 0 Å². The Labute approximate surface area is 464 Å². The molecule has 11 aromatic carbocycles. The highest BCUT2D eigenvalue weighted by Crippen LogP contribution is 2.66. The molecular weight excluding hydrogens is 977 g/mol. The SMILES string of the molecule is CC1(N(c2ccc3c(c2)C2(c4ccccc4Sc4ccccc42)c2ccccc2-3)c2cccc3c2-c2ccccc2C32c3ccccc3Oc3ccccc32)C=CC=C(c2ccc3c4ccccc4n(-c4ccccc4)c3c2)C1. The fourth-order valence-electron chi connectivity index (χ4n) is 15.0. The summed E-state index contributed by atoms with van der Waals surface area (Å²) in [5.41, 5.74) is 21.8. The van der Waals surface area contributed by atoms with Crippen LogP contribution < -0.4 is 9.64 Å². The molecule has 12 aromatic rings. The number of ether oxygens (including phenoxy) is 1. The molecule has 4 heteroatoms. The maximum absolute atomic E-state index is 6.83. The first-order valence-corrected chi connectivity index (χ1v) is 28.3. The molecule has 1 aromatic heterocycles. The Morgan fingerprint density at radius 2 is 1.01 bits per heavy atom. The second-order valence-corrected chi connectivity index (χ2v) is 23.1. The van der Waals surface area contributed by atoms with Gasteiger partial charge in [0.1, 0.15) is 11.5 Å². The molecule has 0 fully saturated rings. The number of nitrogens with zero attached hydrogens (tertiary/aromatic N) is 2. The summed E-state index contributed by atoms with van der Waals surface area (Å²) in [5.74, 6) is 1.78. The zero-order valence-corrected chi connectivity index (χ0v) is 44.2. The van der Waals surface area contributed by atoms with Gasteiger partial charge in [-0.15, -0.1) is 0 Å². The van der Waals surface area contributed by atoms with Gasteiger partial charge < -0.3 is 14.2 Å². The highest BCUT2D eigenvalue weighted by Gasteiger charge is 2.54. The summed E-state index contributed by atoms with van der Waals surface area (Å²) in [7, 11) is 0. The molecule has 372 valence electrons. The predicted molar refractivity (Wildman–Crippen MR) is 325 cm³/mol. The summed E-state index contributed by atoms with van der Waals surface area (Å²) in [6, 6.07) is 95.3. The molecule has 5 aliphatic rings. The third-order valence-corrected chi connectivity index (χ3v) is 19.2. The molecule has 2 spiro atoms. The number of hydrogen-bond acceptors (Lipinski definition) is 3. The van der Waals surface area contributed by atoms with Gasteiger partial charge in [0.25, 0.3) is 0 Å². The molecule has 3 heterocycles. The Bertz CT molecular complexity index is 4550. The van der Waals surface area contributed by atoms with Crippen LogP contribution in [-0.2, 0) is 10.8 Å². The van der Waals surface area contributed by atoms with Gasteiger partial charge in [-0.05, 0) is 141 Å². The van der Waals surface area contributed by atoms with E-state index >= 15 is 0 Å². The van der Waals surface area contributed by atoms with Crippen LogP contribution in [0.2, 0.25) is 0 Å². The first-order valence-electron chi connectivity index (χ1n) is 27.5. The van der Waals surface area contributed by atoms with E-state index in [1.165, 1.54) is 104 Å². The van der Waals surface area contributed by atoms with E-state index in [1.54, 1.807) is 0 Å². The van der Waals surface area contributed by atoms with Gasteiger partial charge in [0, 0.05) is 48.6 Å². The van der Waals surface area contributed by atoms with E-state index in [0.29, 0.717) is 0 Å². The molecular formula is C75H50N2OS. The summed E-state index contributed by atoms with van der Waals surface area (Å²) in [6.07, 6.45) is 7.89. The fourth-order valence-corrected chi connectivity index (χ4v) is 16.2. The smallest absolute Gasteiger partial charge is 0.132 e. The molecule has 3 aliphatic carbocycles. The van der Waals surface area contributed by atoms with Gasteiger partial charge in [-0.1, -0.05) is 218 Å². The van der Waals surface area contributed by atoms with Gasteiger partial charge in [-0.2, -0.15) is 0 Å². The molecule has 1 unspecified atom stereocenters. The standard InChI is InChI=1S/C75H50N2OS/c1-73(44-20-21-49(47-73)48-40-42-55-54-25-7-14-34-65(54)76(67(55)45-48)50-22-3-2-4-23-50)77(51-41-43-53-52-24-5-8-27-57(52)75(64(53)46-51)61-31-12-17-38-70(61)79-71-39-18-13-32-62(71)75)66-35-19-33-63-72(66)56-26-6-9-28-58(56)74(63)59-29-10-15-36-68(59)78-69-37-16-11-30-60(69)74/h2-46H,47H2,1H3. The van der Waals surface area contributed by atoms with Crippen molar-refractivity contribution in [2.75, 3.05) is 4.90 Å². The third-order valence-electron chi connectivity index (χ3n) is 18.0. The maximum atomic E-state index is 6.83. The van der Waals surface area contributed by atoms with Crippen LogP contribution in [0, 0.1) is 0 Å². The van der Waals surface area contributed by atoms with Crippen LogP contribution >= 0.6 is 11.8 Å². The summed E-state index contributed by atoms with van der Waals surface area (Å²) >= 11 is 1.89. The first-order chi connectivity index (χ1) is 39.0. The van der Waals surface area contributed by atoms with Gasteiger partial charge in [0.15, 0.2) is 0 Å². The van der Waals surface area contributed by atoms with Gasteiger partial charge >= 0.3 is 0 Å². The van der Waals surface area contributed by atoms with Crippen LogP contribution in [0.25, 0.3) is 55.3 Å². The summed E-state index contributed by atoms with van der Waals surface area (Å²) in [5, 5.41) is 2.51. The van der Waals surface area contributed by atoms with E-state index in [2.05, 4.69) is 289 Å². The van der Waals surface area contributed by atoms with Crippen molar-refractivity contribution in [2.24, 2.45) is 0 Å². The molecule has 2 aliphatic heterocycles.